The predicted octanol–water partition coefficient (Wildman–Crippen LogP) is 1.25. The number of hydrogen-bond acceptors (Lipinski definition) is 4. The van der Waals surface area contributed by atoms with Gasteiger partial charge in [0.2, 0.25) is 0 Å². The lowest BCUT2D eigenvalue weighted by molar-refractivity contribution is 0.0298. The molecule has 0 radical (unpaired) electrons. The van der Waals surface area contributed by atoms with E-state index in [-0.39, 0.29) is 18.0 Å². The van der Waals surface area contributed by atoms with E-state index in [4.69, 9.17) is 4.74 Å². The van der Waals surface area contributed by atoms with Crippen molar-refractivity contribution in [1.29, 1.82) is 0 Å². The van der Waals surface area contributed by atoms with E-state index in [0.29, 0.717) is 32.0 Å². The number of aromatic nitrogens is 2. The van der Waals surface area contributed by atoms with Crippen LogP contribution >= 0.6 is 0 Å². The number of nitrogens with zero attached hydrogens (tertiary/aromatic N) is 3. The molecule has 7 heteroatoms. The summed E-state index contributed by atoms with van der Waals surface area (Å²) in [6.45, 7) is 2.24. The number of carbonyl (C=O) groups is 2. The molecule has 1 saturated heterocycles. The third-order valence-electron chi connectivity index (χ3n) is 4.25. The van der Waals surface area contributed by atoms with E-state index in [0.717, 1.165) is 25.7 Å². The van der Waals surface area contributed by atoms with Gasteiger partial charge in [-0.25, -0.2) is 4.79 Å². The van der Waals surface area contributed by atoms with E-state index < -0.39 is 0 Å². The Balaban J connectivity index is 1.59. The zero-order valence-electron chi connectivity index (χ0n) is 12.7. The third-order valence-corrected chi connectivity index (χ3v) is 4.25. The molecule has 2 fully saturated rings. The largest absolute Gasteiger partial charge is 0.378 e. The zero-order chi connectivity index (χ0) is 15.4. The van der Waals surface area contributed by atoms with Crippen molar-refractivity contribution in [1.82, 2.24) is 20.0 Å². The van der Waals surface area contributed by atoms with E-state index in [1.807, 2.05) is 0 Å². The SMILES string of the molecule is O=C(c1ccn(C(=O)NC2CCCCC2)n1)N1CCOCC1. The molecule has 1 aliphatic carbocycles. The van der Waals surface area contributed by atoms with E-state index >= 15 is 0 Å². The molecule has 2 heterocycles. The molecule has 7 nitrogen and oxygen atoms in total. The topological polar surface area (TPSA) is 76.5 Å². The Morgan fingerprint density at radius 1 is 1.18 bits per heavy atom. The lowest BCUT2D eigenvalue weighted by Crippen LogP contribution is -2.41. The van der Waals surface area contributed by atoms with E-state index in [9.17, 15) is 9.59 Å². The number of rotatable bonds is 2. The van der Waals surface area contributed by atoms with Gasteiger partial charge < -0.3 is 15.0 Å². The number of carbonyl (C=O) groups excluding carboxylic acids is 2. The van der Waals surface area contributed by atoms with Gasteiger partial charge in [-0.15, -0.1) is 0 Å². The monoisotopic (exact) mass is 306 g/mol. The Kier molecular flexibility index (Phi) is 4.72. The molecule has 0 bridgehead atoms. The fourth-order valence-electron chi connectivity index (χ4n) is 2.97. The molecule has 22 heavy (non-hydrogen) atoms. The highest BCUT2D eigenvalue weighted by Gasteiger charge is 2.22. The molecule has 0 aromatic carbocycles. The van der Waals surface area contributed by atoms with Gasteiger partial charge in [-0.3, -0.25) is 4.79 Å². The Bertz CT molecular complexity index is 531. The highest BCUT2D eigenvalue weighted by molar-refractivity contribution is 5.92. The first-order chi connectivity index (χ1) is 10.7. The van der Waals surface area contributed by atoms with Crippen LogP contribution in [0.2, 0.25) is 0 Å². The lowest BCUT2D eigenvalue weighted by atomic mass is 9.96. The van der Waals surface area contributed by atoms with Crippen molar-refractivity contribution < 1.29 is 14.3 Å². The van der Waals surface area contributed by atoms with Crippen LogP contribution in [0.25, 0.3) is 0 Å². The van der Waals surface area contributed by atoms with Crippen LogP contribution in [0.3, 0.4) is 0 Å². The molecule has 2 aliphatic rings. The summed E-state index contributed by atoms with van der Waals surface area (Å²) in [7, 11) is 0. The number of nitrogens with one attached hydrogen (secondary N) is 1. The van der Waals surface area contributed by atoms with Crippen LogP contribution in [0, 0.1) is 0 Å². The molecular formula is C15H22N4O3. The predicted molar refractivity (Wildman–Crippen MR) is 79.8 cm³/mol. The first-order valence-corrected chi connectivity index (χ1v) is 7.97. The van der Waals surface area contributed by atoms with Crippen LogP contribution in [0.15, 0.2) is 12.3 Å². The molecule has 1 aliphatic heterocycles. The second kappa shape index (κ2) is 6.91. The van der Waals surface area contributed by atoms with Gasteiger partial charge in [0, 0.05) is 25.3 Å². The van der Waals surface area contributed by atoms with Crippen molar-refractivity contribution in [3.63, 3.8) is 0 Å². The van der Waals surface area contributed by atoms with Gasteiger partial charge >= 0.3 is 6.03 Å². The standard InChI is InChI=1S/C15H22N4O3/c20-14(18-8-10-22-11-9-18)13-6-7-19(17-13)15(21)16-12-4-2-1-3-5-12/h6-7,12H,1-5,8-11H2,(H,16,21). The molecular weight excluding hydrogens is 284 g/mol. The van der Waals surface area contributed by atoms with Gasteiger partial charge in [0.05, 0.1) is 13.2 Å². The number of amides is 2. The Hall–Kier alpha value is -1.89. The molecule has 3 rings (SSSR count). The van der Waals surface area contributed by atoms with Gasteiger partial charge in [0.25, 0.3) is 5.91 Å². The third kappa shape index (κ3) is 3.47. The van der Waals surface area contributed by atoms with Gasteiger partial charge in [-0.2, -0.15) is 9.78 Å². The molecule has 0 atom stereocenters. The number of morpholine rings is 1. The van der Waals surface area contributed by atoms with Crippen molar-refractivity contribution in [2.75, 3.05) is 26.3 Å². The van der Waals surface area contributed by atoms with Gasteiger partial charge in [-0.05, 0) is 18.9 Å². The fraction of sp³-hybridized carbons (Fsp3) is 0.667. The summed E-state index contributed by atoms with van der Waals surface area (Å²) in [6, 6.07) is 1.56. The van der Waals surface area contributed by atoms with Crippen LogP contribution in [0.1, 0.15) is 42.6 Å². The average molecular weight is 306 g/mol. The van der Waals surface area contributed by atoms with Crippen molar-refractivity contribution in [3.05, 3.63) is 18.0 Å². The first kappa shape index (κ1) is 15.0. The molecule has 1 aromatic rings. The Morgan fingerprint density at radius 3 is 2.64 bits per heavy atom. The van der Waals surface area contributed by atoms with Crippen molar-refractivity contribution in [2.45, 2.75) is 38.1 Å². The summed E-state index contributed by atoms with van der Waals surface area (Å²) in [6.07, 6.45) is 7.15. The molecule has 1 N–H and O–H groups in total. The Labute approximate surface area is 129 Å². The molecule has 1 aromatic heterocycles. The summed E-state index contributed by atoms with van der Waals surface area (Å²) < 4.78 is 6.45. The quantitative estimate of drug-likeness (QED) is 0.892. The highest BCUT2D eigenvalue weighted by Crippen LogP contribution is 2.17. The maximum atomic E-state index is 12.3. The van der Waals surface area contributed by atoms with Crippen LogP contribution in [-0.4, -0.2) is 59.0 Å². The summed E-state index contributed by atoms with van der Waals surface area (Å²) in [5.41, 5.74) is 0.306. The smallest absolute Gasteiger partial charge is 0.342 e. The second-order valence-corrected chi connectivity index (χ2v) is 5.83. The lowest BCUT2D eigenvalue weighted by Gasteiger charge is -2.26. The van der Waals surface area contributed by atoms with Gasteiger partial charge in [-0.1, -0.05) is 19.3 Å². The van der Waals surface area contributed by atoms with E-state index in [1.165, 1.54) is 11.1 Å². The van der Waals surface area contributed by atoms with Gasteiger partial charge in [0.1, 0.15) is 0 Å². The molecule has 0 spiro atoms. The van der Waals surface area contributed by atoms with Crippen LogP contribution < -0.4 is 5.32 Å². The normalized spacial score (nSPS) is 19.9. The minimum absolute atomic E-state index is 0.146. The summed E-state index contributed by atoms with van der Waals surface area (Å²) >= 11 is 0. The number of hydrogen-bond donors (Lipinski definition) is 1. The minimum atomic E-state index is -0.257. The summed E-state index contributed by atoms with van der Waals surface area (Å²) in [4.78, 5) is 26.2. The Morgan fingerprint density at radius 2 is 1.91 bits per heavy atom. The van der Waals surface area contributed by atoms with E-state index in [1.54, 1.807) is 17.2 Å². The van der Waals surface area contributed by atoms with Gasteiger partial charge in [0.15, 0.2) is 5.69 Å². The van der Waals surface area contributed by atoms with Crippen molar-refractivity contribution >= 4 is 11.9 Å². The van der Waals surface area contributed by atoms with Crippen molar-refractivity contribution in [2.24, 2.45) is 0 Å². The van der Waals surface area contributed by atoms with E-state index in [2.05, 4.69) is 10.4 Å². The van der Waals surface area contributed by atoms with Crippen LogP contribution in [0.5, 0.6) is 0 Å². The number of ether oxygens (including phenoxy) is 1. The second-order valence-electron chi connectivity index (χ2n) is 5.83. The summed E-state index contributed by atoms with van der Waals surface area (Å²) in [5.74, 6) is -0.146. The fourth-order valence-corrected chi connectivity index (χ4v) is 2.97. The maximum Gasteiger partial charge on any atom is 0.342 e. The zero-order valence-corrected chi connectivity index (χ0v) is 12.7. The average Bonchev–Trinajstić information content (AvgIpc) is 3.06. The molecule has 2 amide bonds. The summed E-state index contributed by atoms with van der Waals surface area (Å²) in [5, 5.41) is 7.11. The molecule has 1 saturated carbocycles. The maximum absolute atomic E-state index is 12.3. The van der Waals surface area contributed by atoms with Crippen molar-refractivity contribution in [3.8, 4) is 0 Å². The van der Waals surface area contributed by atoms with Crippen LogP contribution in [-0.2, 0) is 4.74 Å². The van der Waals surface area contributed by atoms with Crippen LogP contribution in [0.4, 0.5) is 4.79 Å². The molecule has 0 unspecified atom stereocenters. The first-order valence-electron chi connectivity index (χ1n) is 7.97. The highest BCUT2D eigenvalue weighted by atomic mass is 16.5. The molecule has 120 valence electrons. The minimum Gasteiger partial charge on any atom is -0.378 e.